The Morgan fingerprint density at radius 3 is 2.53 bits per heavy atom. The monoisotopic (exact) mass is 296 g/mol. The van der Waals surface area contributed by atoms with Crippen LogP contribution in [-0.4, -0.2) is 24.7 Å². The van der Waals surface area contributed by atoms with Gasteiger partial charge in [0.1, 0.15) is 0 Å². The molecule has 2 heterocycles. The molecule has 2 rings (SSSR count). The summed E-state index contributed by atoms with van der Waals surface area (Å²) in [6.07, 6.45) is 0. The maximum absolute atomic E-state index is 5.52. The van der Waals surface area contributed by atoms with Gasteiger partial charge >= 0.3 is 0 Å². The summed E-state index contributed by atoms with van der Waals surface area (Å²) in [5, 5.41) is 4.03. The molecule has 2 aromatic rings. The van der Waals surface area contributed by atoms with E-state index in [0.717, 1.165) is 11.4 Å². The lowest BCUT2D eigenvalue weighted by Gasteiger charge is -2.08. The number of nitrogens with zero attached hydrogens (tertiary/aromatic N) is 5. The second kappa shape index (κ2) is 4.40. The lowest BCUT2D eigenvalue weighted by molar-refractivity contribution is 0.741. The standard InChI is InChI=1S/C10H13BrN6/c1-5(2)7-4-6(3)13-10(14-7)17-8(11)15-9(12)16-17/h4-5H,1-3H3,(H2,12,16). The third-order valence-corrected chi connectivity index (χ3v) is 2.74. The number of halogens is 1. The average molecular weight is 297 g/mol. The zero-order valence-electron chi connectivity index (χ0n) is 9.85. The number of nitrogen functional groups attached to an aromatic ring is 1. The molecular formula is C10H13BrN6. The van der Waals surface area contributed by atoms with E-state index in [2.05, 4.69) is 49.8 Å². The van der Waals surface area contributed by atoms with Crippen LogP contribution in [-0.2, 0) is 0 Å². The summed E-state index contributed by atoms with van der Waals surface area (Å²) < 4.78 is 1.98. The minimum atomic E-state index is 0.188. The fourth-order valence-corrected chi connectivity index (χ4v) is 1.82. The molecule has 17 heavy (non-hydrogen) atoms. The van der Waals surface area contributed by atoms with E-state index in [4.69, 9.17) is 5.73 Å². The Balaban J connectivity index is 2.55. The number of aromatic nitrogens is 5. The summed E-state index contributed by atoms with van der Waals surface area (Å²) in [6, 6.07) is 1.96. The Hall–Kier alpha value is -1.50. The van der Waals surface area contributed by atoms with Gasteiger partial charge in [0.2, 0.25) is 10.7 Å². The third-order valence-electron chi connectivity index (χ3n) is 2.23. The molecule has 0 radical (unpaired) electrons. The van der Waals surface area contributed by atoms with Crippen molar-refractivity contribution in [3.63, 3.8) is 0 Å². The number of aryl methyl sites for hydroxylation is 1. The van der Waals surface area contributed by atoms with Crippen LogP contribution in [0, 0.1) is 6.92 Å². The third kappa shape index (κ3) is 2.44. The van der Waals surface area contributed by atoms with Gasteiger partial charge in [0, 0.05) is 11.4 Å². The minimum Gasteiger partial charge on any atom is -0.366 e. The number of hydrogen-bond acceptors (Lipinski definition) is 5. The number of rotatable bonds is 2. The molecule has 0 amide bonds. The van der Waals surface area contributed by atoms with Gasteiger partial charge in [0.05, 0.1) is 0 Å². The van der Waals surface area contributed by atoms with Crippen molar-refractivity contribution in [2.75, 3.05) is 5.73 Å². The van der Waals surface area contributed by atoms with Gasteiger partial charge in [-0.25, -0.2) is 9.97 Å². The van der Waals surface area contributed by atoms with Crippen molar-refractivity contribution in [1.29, 1.82) is 0 Å². The zero-order valence-corrected chi connectivity index (χ0v) is 11.4. The first-order valence-corrected chi connectivity index (χ1v) is 6.00. The molecule has 7 heteroatoms. The highest BCUT2D eigenvalue weighted by molar-refractivity contribution is 9.10. The van der Waals surface area contributed by atoms with Gasteiger partial charge in [0.25, 0.3) is 5.95 Å². The second-order valence-electron chi connectivity index (χ2n) is 4.04. The smallest absolute Gasteiger partial charge is 0.253 e. The Morgan fingerprint density at radius 1 is 1.29 bits per heavy atom. The Bertz CT molecular complexity index is 548. The highest BCUT2D eigenvalue weighted by atomic mass is 79.9. The van der Waals surface area contributed by atoms with Gasteiger partial charge < -0.3 is 5.73 Å². The summed E-state index contributed by atoms with van der Waals surface area (Å²) in [5.74, 6) is 0.993. The molecule has 90 valence electrons. The van der Waals surface area contributed by atoms with Crippen molar-refractivity contribution >= 4 is 21.9 Å². The van der Waals surface area contributed by atoms with Gasteiger partial charge in [0.15, 0.2) is 0 Å². The van der Waals surface area contributed by atoms with Crippen LogP contribution in [0.15, 0.2) is 10.8 Å². The molecule has 2 aromatic heterocycles. The van der Waals surface area contributed by atoms with Crippen LogP contribution in [0.2, 0.25) is 0 Å². The van der Waals surface area contributed by atoms with E-state index in [1.807, 2.05) is 13.0 Å². The highest BCUT2D eigenvalue weighted by Gasteiger charge is 2.12. The average Bonchev–Trinajstić information content (AvgIpc) is 2.57. The molecule has 2 N–H and O–H groups in total. The lowest BCUT2D eigenvalue weighted by Crippen LogP contribution is -2.08. The molecular weight excluding hydrogens is 284 g/mol. The van der Waals surface area contributed by atoms with E-state index in [-0.39, 0.29) is 5.95 Å². The van der Waals surface area contributed by atoms with E-state index in [0.29, 0.717) is 16.6 Å². The maximum Gasteiger partial charge on any atom is 0.253 e. The van der Waals surface area contributed by atoms with E-state index in [1.165, 1.54) is 4.68 Å². The van der Waals surface area contributed by atoms with Gasteiger partial charge in [-0.15, -0.1) is 5.10 Å². The van der Waals surface area contributed by atoms with Crippen molar-refractivity contribution in [2.24, 2.45) is 0 Å². The fraction of sp³-hybridized carbons (Fsp3) is 0.400. The molecule has 0 atom stereocenters. The molecule has 0 bridgehead atoms. The van der Waals surface area contributed by atoms with Crippen LogP contribution in [0.25, 0.3) is 5.95 Å². The van der Waals surface area contributed by atoms with Crippen molar-refractivity contribution in [2.45, 2.75) is 26.7 Å². The molecule has 0 aromatic carbocycles. The van der Waals surface area contributed by atoms with Crippen LogP contribution in [0.4, 0.5) is 5.95 Å². The van der Waals surface area contributed by atoms with Gasteiger partial charge in [-0.3, -0.25) is 0 Å². The molecule has 0 fully saturated rings. The second-order valence-corrected chi connectivity index (χ2v) is 4.75. The van der Waals surface area contributed by atoms with Crippen molar-refractivity contribution in [1.82, 2.24) is 24.7 Å². The molecule has 0 spiro atoms. The van der Waals surface area contributed by atoms with Crippen molar-refractivity contribution in [3.8, 4) is 5.95 Å². The summed E-state index contributed by atoms with van der Waals surface area (Å²) in [4.78, 5) is 12.7. The van der Waals surface area contributed by atoms with Crippen LogP contribution >= 0.6 is 15.9 Å². The van der Waals surface area contributed by atoms with Crippen LogP contribution in [0.5, 0.6) is 0 Å². The van der Waals surface area contributed by atoms with Gasteiger partial charge in [-0.05, 0) is 34.8 Å². The quantitative estimate of drug-likeness (QED) is 0.914. The van der Waals surface area contributed by atoms with Crippen molar-refractivity contribution < 1.29 is 0 Å². The first-order valence-electron chi connectivity index (χ1n) is 5.21. The largest absolute Gasteiger partial charge is 0.366 e. The predicted octanol–water partition coefficient (Wildman–Crippen LogP) is 1.83. The van der Waals surface area contributed by atoms with Crippen molar-refractivity contribution in [3.05, 3.63) is 22.2 Å². The van der Waals surface area contributed by atoms with E-state index < -0.39 is 0 Å². The SMILES string of the molecule is Cc1cc(C(C)C)nc(-n2nc(N)nc2Br)n1. The number of nitrogens with two attached hydrogens (primary N) is 1. The Kier molecular flexibility index (Phi) is 3.10. The molecule has 0 saturated heterocycles. The molecule has 0 aliphatic rings. The van der Waals surface area contributed by atoms with Gasteiger partial charge in [-0.2, -0.15) is 9.67 Å². The maximum atomic E-state index is 5.52. The minimum absolute atomic E-state index is 0.188. The summed E-state index contributed by atoms with van der Waals surface area (Å²) >= 11 is 3.27. The fourth-order valence-electron chi connectivity index (χ4n) is 1.40. The molecule has 0 aliphatic carbocycles. The highest BCUT2D eigenvalue weighted by Crippen LogP contribution is 2.17. The van der Waals surface area contributed by atoms with E-state index >= 15 is 0 Å². The molecule has 0 aliphatic heterocycles. The first kappa shape index (κ1) is 12.0. The van der Waals surface area contributed by atoms with E-state index in [1.54, 1.807) is 0 Å². The molecule has 0 saturated carbocycles. The summed E-state index contributed by atoms with van der Waals surface area (Å²) in [6.45, 7) is 6.08. The number of hydrogen-bond donors (Lipinski definition) is 1. The molecule has 0 unspecified atom stereocenters. The van der Waals surface area contributed by atoms with Crippen LogP contribution < -0.4 is 5.73 Å². The predicted molar refractivity (Wildman–Crippen MR) is 67.9 cm³/mol. The molecule has 6 nitrogen and oxygen atoms in total. The lowest BCUT2D eigenvalue weighted by atomic mass is 10.1. The summed E-state index contributed by atoms with van der Waals surface area (Å²) in [5.41, 5.74) is 7.38. The Labute approximate surface area is 107 Å². The van der Waals surface area contributed by atoms with Crippen LogP contribution in [0.1, 0.15) is 31.2 Å². The van der Waals surface area contributed by atoms with E-state index in [9.17, 15) is 0 Å². The number of anilines is 1. The Morgan fingerprint density at radius 2 is 2.00 bits per heavy atom. The topological polar surface area (TPSA) is 82.5 Å². The normalized spacial score (nSPS) is 11.1. The van der Waals surface area contributed by atoms with Crippen LogP contribution in [0.3, 0.4) is 0 Å². The van der Waals surface area contributed by atoms with Gasteiger partial charge in [-0.1, -0.05) is 13.8 Å². The zero-order chi connectivity index (χ0) is 12.6. The first-order chi connectivity index (χ1) is 7.97. The summed E-state index contributed by atoms with van der Waals surface area (Å²) in [7, 11) is 0.